The van der Waals surface area contributed by atoms with Crippen molar-refractivity contribution >= 4 is 28.2 Å². The van der Waals surface area contributed by atoms with Crippen LogP contribution in [0.3, 0.4) is 0 Å². The monoisotopic (exact) mass is 508 g/mol. The van der Waals surface area contributed by atoms with Gasteiger partial charge in [-0.1, -0.05) is 29.8 Å². The fourth-order valence-corrected chi connectivity index (χ4v) is 4.45. The van der Waals surface area contributed by atoms with Crippen molar-refractivity contribution in [1.29, 1.82) is 0 Å². The van der Waals surface area contributed by atoms with Crippen molar-refractivity contribution in [2.75, 3.05) is 5.32 Å². The van der Waals surface area contributed by atoms with Gasteiger partial charge in [-0.3, -0.25) is 4.68 Å². The molecule has 0 saturated heterocycles. The van der Waals surface area contributed by atoms with E-state index < -0.39 is 23.3 Å². The van der Waals surface area contributed by atoms with Crippen LogP contribution in [0.2, 0.25) is 5.02 Å². The van der Waals surface area contributed by atoms with E-state index in [0.29, 0.717) is 11.6 Å². The quantitative estimate of drug-likeness (QED) is 0.296. The topological polar surface area (TPSA) is 80.8 Å². The van der Waals surface area contributed by atoms with Gasteiger partial charge in [0.2, 0.25) is 0 Å². The summed E-state index contributed by atoms with van der Waals surface area (Å²) in [5, 5.41) is 25.3. The number of nitrogens with one attached hydrogen (secondary N) is 1. The minimum absolute atomic E-state index is 0.0585. The van der Waals surface area contributed by atoms with Crippen molar-refractivity contribution in [1.82, 2.24) is 24.5 Å². The lowest BCUT2D eigenvalue weighted by Gasteiger charge is -2.35. The van der Waals surface area contributed by atoms with Crippen LogP contribution in [0.5, 0.6) is 0 Å². The van der Waals surface area contributed by atoms with E-state index in [0.717, 1.165) is 34.3 Å². The second-order valence-corrected chi connectivity index (χ2v) is 9.10. The van der Waals surface area contributed by atoms with Crippen LogP contribution in [-0.2, 0) is 18.7 Å². The molecule has 10 heteroatoms. The minimum Gasteiger partial charge on any atom is -0.381 e. The van der Waals surface area contributed by atoms with Crippen molar-refractivity contribution in [2.45, 2.75) is 31.7 Å². The standard InChI is InChI=1S/C26H23ClF2N6O/c1-17(26(36,14-34-16-30-15-33-34)23-8-6-21(28)11-24(23)29)35-25-9-7-22(10-19(25)13-32-35)31-12-18-2-4-20(27)5-3-18/h2-11,13,15-17,31,36H,12,14H2,1H3/t17-,26-/m1/s1. The van der Waals surface area contributed by atoms with Gasteiger partial charge in [0, 0.05) is 34.3 Å². The van der Waals surface area contributed by atoms with Gasteiger partial charge >= 0.3 is 0 Å². The zero-order valence-electron chi connectivity index (χ0n) is 19.3. The van der Waals surface area contributed by atoms with E-state index in [2.05, 4.69) is 20.5 Å². The summed E-state index contributed by atoms with van der Waals surface area (Å²) in [6.45, 7) is 2.24. The van der Waals surface area contributed by atoms with Gasteiger partial charge in [-0.2, -0.15) is 10.2 Å². The number of aromatic nitrogens is 5. The molecule has 0 fully saturated rings. The highest BCUT2D eigenvalue weighted by Gasteiger charge is 2.41. The molecular weight excluding hydrogens is 486 g/mol. The molecule has 2 atom stereocenters. The molecule has 0 amide bonds. The molecule has 0 aliphatic rings. The molecule has 2 aromatic heterocycles. The molecule has 36 heavy (non-hydrogen) atoms. The maximum atomic E-state index is 14.9. The first-order chi connectivity index (χ1) is 17.3. The first-order valence-corrected chi connectivity index (χ1v) is 11.7. The minimum atomic E-state index is -1.81. The Morgan fingerprint density at radius 2 is 1.86 bits per heavy atom. The Balaban J connectivity index is 1.46. The van der Waals surface area contributed by atoms with Crippen LogP contribution < -0.4 is 5.32 Å². The Bertz CT molecular complexity index is 1490. The van der Waals surface area contributed by atoms with Gasteiger partial charge in [0.05, 0.1) is 24.3 Å². The first-order valence-electron chi connectivity index (χ1n) is 11.3. The van der Waals surface area contributed by atoms with E-state index in [4.69, 9.17) is 11.6 Å². The summed E-state index contributed by atoms with van der Waals surface area (Å²) in [6, 6.07) is 15.8. The Labute approximate surface area is 211 Å². The Morgan fingerprint density at radius 1 is 1.06 bits per heavy atom. The van der Waals surface area contributed by atoms with Gasteiger partial charge in [0.25, 0.3) is 0 Å². The summed E-state index contributed by atoms with van der Waals surface area (Å²) >= 11 is 5.96. The number of benzene rings is 3. The molecule has 184 valence electrons. The van der Waals surface area contributed by atoms with E-state index in [1.165, 1.54) is 23.4 Å². The zero-order valence-corrected chi connectivity index (χ0v) is 20.1. The fourth-order valence-electron chi connectivity index (χ4n) is 4.32. The molecule has 3 aromatic carbocycles. The highest BCUT2D eigenvalue weighted by atomic mass is 35.5. The Morgan fingerprint density at radius 3 is 2.58 bits per heavy atom. The highest BCUT2D eigenvalue weighted by molar-refractivity contribution is 6.30. The predicted octanol–water partition coefficient (Wildman–Crippen LogP) is 5.32. The molecule has 0 radical (unpaired) electrons. The van der Waals surface area contributed by atoms with Gasteiger partial charge in [-0.15, -0.1) is 0 Å². The van der Waals surface area contributed by atoms with Crippen LogP contribution in [0, 0.1) is 11.6 Å². The fraction of sp³-hybridized carbons (Fsp3) is 0.192. The molecule has 0 saturated carbocycles. The van der Waals surface area contributed by atoms with Crippen molar-refractivity contribution in [2.24, 2.45) is 0 Å². The molecule has 0 unspecified atom stereocenters. The summed E-state index contributed by atoms with van der Waals surface area (Å²) < 4.78 is 31.6. The molecule has 0 aliphatic heterocycles. The van der Waals surface area contributed by atoms with E-state index in [-0.39, 0.29) is 12.1 Å². The Hall–Kier alpha value is -3.82. The molecule has 2 N–H and O–H groups in total. The molecular formula is C26H23ClF2N6O. The van der Waals surface area contributed by atoms with Crippen molar-refractivity contribution in [3.8, 4) is 0 Å². The van der Waals surface area contributed by atoms with Crippen molar-refractivity contribution in [3.05, 3.63) is 107 Å². The lowest BCUT2D eigenvalue weighted by atomic mass is 9.86. The highest BCUT2D eigenvalue weighted by Crippen LogP contribution is 2.38. The summed E-state index contributed by atoms with van der Waals surface area (Å²) in [7, 11) is 0. The van der Waals surface area contributed by atoms with Crippen LogP contribution in [0.4, 0.5) is 14.5 Å². The van der Waals surface area contributed by atoms with E-state index in [9.17, 15) is 13.9 Å². The summed E-state index contributed by atoms with van der Waals surface area (Å²) in [5.41, 5.74) is 0.863. The smallest absolute Gasteiger partial charge is 0.137 e. The molecule has 7 nitrogen and oxygen atoms in total. The normalized spacial score (nSPS) is 14.0. The number of rotatable bonds is 8. The number of nitrogens with zero attached hydrogens (tertiary/aromatic N) is 5. The van der Waals surface area contributed by atoms with E-state index >= 15 is 0 Å². The second kappa shape index (κ2) is 9.67. The summed E-state index contributed by atoms with van der Waals surface area (Å²) in [6.07, 6.45) is 4.45. The number of fused-ring (bicyclic) bond motifs is 1. The SMILES string of the molecule is C[C@@H](n1ncc2cc(NCc3ccc(Cl)cc3)ccc21)[C@](O)(Cn1cncn1)c1ccc(F)cc1F. The lowest BCUT2D eigenvalue weighted by Crippen LogP contribution is -2.41. The molecule has 2 heterocycles. The average Bonchev–Trinajstić information content (AvgIpc) is 3.52. The van der Waals surface area contributed by atoms with Crippen LogP contribution in [-0.4, -0.2) is 29.7 Å². The number of aliphatic hydroxyl groups is 1. The number of hydrogen-bond donors (Lipinski definition) is 2. The van der Waals surface area contributed by atoms with Crippen molar-refractivity contribution in [3.63, 3.8) is 0 Å². The largest absolute Gasteiger partial charge is 0.381 e. The van der Waals surface area contributed by atoms with Gasteiger partial charge in [0.15, 0.2) is 0 Å². The maximum Gasteiger partial charge on any atom is 0.137 e. The van der Waals surface area contributed by atoms with Crippen molar-refractivity contribution < 1.29 is 13.9 Å². The maximum absolute atomic E-state index is 14.9. The van der Waals surface area contributed by atoms with Crippen LogP contribution >= 0.6 is 11.6 Å². The molecule has 0 spiro atoms. The number of hydrogen-bond acceptors (Lipinski definition) is 5. The van der Waals surface area contributed by atoms with Gasteiger partial charge < -0.3 is 10.4 Å². The lowest BCUT2D eigenvalue weighted by molar-refractivity contribution is -0.0354. The third-order valence-corrected chi connectivity index (χ3v) is 6.58. The van der Waals surface area contributed by atoms with Gasteiger partial charge in [0.1, 0.15) is 29.9 Å². The predicted molar refractivity (Wildman–Crippen MR) is 133 cm³/mol. The summed E-state index contributed by atoms with van der Waals surface area (Å²) in [5.74, 6) is -1.58. The van der Waals surface area contributed by atoms with Gasteiger partial charge in [-0.25, -0.2) is 18.4 Å². The third-order valence-electron chi connectivity index (χ3n) is 6.33. The molecule has 5 aromatic rings. The average molecular weight is 509 g/mol. The van der Waals surface area contributed by atoms with E-state index in [1.54, 1.807) is 17.8 Å². The molecule has 0 bridgehead atoms. The molecule has 0 aliphatic carbocycles. The summed E-state index contributed by atoms with van der Waals surface area (Å²) in [4.78, 5) is 3.91. The van der Waals surface area contributed by atoms with Crippen LogP contribution in [0.1, 0.15) is 24.1 Å². The third kappa shape index (κ3) is 4.67. The number of halogens is 3. The van der Waals surface area contributed by atoms with Gasteiger partial charge in [-0.05, 0) is 48.9 Å². The zero-order chi connectivity index (χ0) is 25.3. The van der Waals surface area contributed by atoms with Crippen LogP contribution in [0.25, 0.3) is 10.9 Å². The second-order valence-electron chi connectivity index (χ2n) is 8.66. The van der Waals surface area contributed by atoms with E-state index in [1.807, 2.05) is 42.5 Å². The number of anilines is 1. The van der Waals surface area contributed by atoms with Crippen LogP contribution in [0.15, 0.2) is 79.5 Å². The molecule has 5 rings (SSSR count). The first kappa shape index (κ1) is 23.9. The Kier molecular flexibility index (Phi) is 6.42.